The van der Waals surface area contributed by atoms with Crippen molar-refractivity contribution >= 4 is 65.7 Å². The molecule has 0 radical (unpaired) electrons. The number of halogens is 6. The minimum atomic E-state index is -1.67. The summed E-state index contributed by atoms with van der Waals surface area (Å²) in [6.07, 6.45) is 0. The number of methoxy groups -OCH3 is 1. The van der Waals surface area contributed by atoms with Crippen LogP contribution in [0.5, 0.6) is 0 Å². The summed E-state index contributed by atoms with van der Waals surface area (Å²) < 4.78 is 38.8. The van der Waals surface area contributed by atoms with Crippen LogP contribution in [0, 0.1) is 11.6 Å². The van der Waals surface area contributed by atoms with Crippen molar-refractivity contribution in [2.24, 2.45) is 0 Å². The SMILES string of the molecule is CO.COC(=O)c1cc(Cl)ccc1F.O=C(O)c1cc(Cl)ccc1F.O=S(Cl)Cl. The summed E-state index contributed by atoms with van der Waals surface area (Å²) in [6, 6.07) is 7.09. The van der Waals surface area contributed by atoms with Gasteiger partial charge in [-0.15, -0.1) is 0 Å². The molecular formula is C16H14Cl4F2O6S. The second-order valence-electron chi connectivity index (χ2n) is 4.23. The number of aromatic carboxylic acids is 1. The van der Waals surface area contributed by atoms with Gasteiger partial charge in [0.15, 0.2) is 0 Å². The second-order valence-corrected chi connectivity index (χ2v) is 7.63. The van der Waals surface area contributed by atoms with Gasteiger partial charge in [-0.05, 0) is 36.4 Å². The number of esters is 1. The Labute approximate surface area is 186 Å². The fraction of sp³-hybridized carbons (Fsp3) is 0.125. The Kier molecular flexibility index (Phi) is 16.7. The fourth-order valence-electron chi connectivity index (χ4n) is 1.43. The molecule has 29 heavy (non-hydrogen) atoms. The Balaban J connectivity index is 0. The van der Waals surface area contributed by atoms with Crippen molar-refractivity contribution < 1.29 is 37.5 Å². The van der Waals surface area contributed by atoms with Crippen LogP contribution in [-0.4, -0.2) is 40.6 Å². The molecule has 0 spiro atoms. The molecule has 0 heterocycles. The van der Waals surface area contributed by atoms with E-state index < -0.39 is 38.4 Å². The van der Waals surface area contributed by atoms with Crippen LogP contribution in [0.25, 0.3) is 0 Å². The number of carbonyl (C=O) groups excluding carboxylic acids is 1. The van der Waals surface area contributed by atoms with Gasteiger partial charge in [0, 0.05) is 38.5 Å². The number of rotatable bonds is 2. The Bertz CT molecular complexity index is 835. The summed E-state index contributed by atoms with van der Waals surface area (Å²) in [4.78, 5) is 21.1. The zero-order chi connectivity index (χ0) is 23.1. The van der Waals surface area contributed by atoms with Crippen LogP contribution in [0.4, 0.5) is 8.78 Å². The van der Waals surface area contributed by atoms with Crippen LogP contribution in [0.15, 0.2) is 36.4 Å². The molecule has 2 aromatic carbocycles. The van der Waals surface area contributed by atoms with E-state index in [2.05, 4.69) is 26.1 Å². The van der Waals surface area contributed by atoms with Gasteiger partial charge >= 0.3 is 11.9 Å². The molecule has 0 unspecified atom stereocenters. The Hall–Kier alpha value is -1.49. The van der Waals surface area contributed by atoms with Gasteiger partial charge in [0.05, 0.1) is 18.2 Å². The molecule has 0 saturated carbocycles. The van der Waals surface area contributed by atoms with Crippen LogP contribution in [0.1, 0.15) is 20.7 Å². The number of aliphatic hydroxyl groups excluding tert-OH is 1. The van der Waals surface area contributed by atoms with Gasteiger partial charge in [0.1, 0.15) is 11.6 Å². The molecule has 0 fully saturated rings. The lowest BCUT2D eigenvalue weighted by atomic mass is 10.2. The highest BCUT2D eigenvalue weighted by Gasteiger charge is 2.11. The van der Waals surface area contributed by atoms with Crippen LogP contribution in [0.3, 0.4) is 0 Å². The Morgan fingerprint density at radius 2 is 1.28 bits per heavy atom. The molecule has 0 aromatic heterocycles. The number of carboxylic acids is 1. The van der Waals surface area contributed by atoms with E-state index >= 15 is 0 Å². The number of benzene rings is 2. The van der Waals surface area contributed by atoms with E-state index in [0.29, 0.717) is 5.02 Å². The average Bonchev–Trinajstić information content (AvgIpc) is 2.66. The van der Waals surface area contributed by atoms with Crippen molar-refractivity contribution in [3.63, 3.8) is 0 Å². The lowest BCUT2D eigenvalue weighted by molar-refractivity contribution is 0.0594. The van der Waals surface area contributed by atoms with Crippen molar-refractivity contribution in [2.75, 3.05) is 14.2 Å². The van der Waals surface area contributed by atoms with Crippen LogP contribution in [0.2, 0.25) is 10.0 Å². The van der Waals surface area contributed by atoms with Gasteiger partial charge in [-0.3, -0.25) is 0 Å². The van der Waals surface area contributed by atoms with Gasteiger partial charge in [-0.25, -0.2) is 22.6 Å². The normalized spacial score (nSPS) is 9.03. The molecular weight excluding hydrogens is 500 g/mol. The quantitative estimate of drug-likeness (QED) is 0.428. The van der Waals surface area contributed by atoms with E-state index in [4.69, 9.17) is 37.6 Å². The second kappa shape index (κ2) is 16.3. The largest absolute Gasteiger partial charge is 0.478 e. The van der Waals surface area contributed by atoms with Gasteiger partial charge < -0.3 is 14.9 Å². The lowest BCUT2D eigenvalue weighted by Gasteiger charge is -2.00. The molecule has 6 nitrogen and oxygen atoms in total. The highest BCUT2D eigenvalue weighted by atomic mass is 36.0. The van der Waals surface area contributed by atoms with E-state index in [-0.39, 0.29) is 10.6 Å². The summed E-state index contributed by atoms with van der Waals surface area (Å²) in [7, 11) is 9.54. The third-order valence-electron chi connectivity index (χ3n) is 2.49. The zero-order valence-electron chi connectivity index (χ0n) is 14.7. The first kappa shape index (κ1) is 29.7. The van der Waals surface area contributed by atoms with Gasteiger partial charge in [-0.1, -0.05) is 23.2 Å². The standard InChI is InChI=1S/C8H6ClFO2.C7H4ClFO2.CH4O.Cl2OS/c1-12-8(11)6-4-5(9)2-3-7(6)10;8-4-1-2-6(9)5(3-4)7(10)11;1-2;1-4(2)3/h2-4H,1H3;1-3H,(H,10,11);2H,1H3;. The summed E-state index contributed by atoms with van der Waals surface area (Å²) in [5.41, 5.74) is -0.553. The van der Waals surface area contributed by atoms with Crippen LogP contribution in [-0.2, 0) is 14.0 Å². The number of hydrogen-bond donors (Lipinski definition) is 2. The first-order chi connectivity index (χ1) is 13.5. The van der Waals surface area contributed by atoms with Crippen molar-refractivity contribution in [1.29, 1.82) is 0 Å². The first-order valence-electron chi connectivity index (χ1n) is 6.90. The average molecular weight is 514 g/mol. The fourth-order valence-corrected chi connectivity index (χ4v) is 1.77. The maximum Gasteiger partial charge on any atom is 0.340 e. The van der Waals surface area contributed by atoms with E-state index in [9.17, 15) is 18.4 Å². The summed E-state index contributed by atoms with van der Waals surface area (Å²) in [5, 5.41) is 15.9. The van der Waals surface area contributed by atoms with E-state index in [1.54, 1.807) is 0 Å². The summed E-state index contributed by atoms with van der Waals surface area (Å²) in [5.74, 6) is -3.45. The molecule has 162 valence electrons. The highest BCUT2D eigenvalue weighted by Crippen LogP contribution is 2.15. The van der Waals surface area contributed by atoms with E-state index in [1.165, 1.54) is 25.3 Å². The molecule has 0 aliphatic heterocycles. The molecule has 0 amide bonds. The minimum Gasteiger partial charge on any atom is -0.478 e. The number of carboxylic acid groups (broad SMARTS) is 1. The summed E-state index contributed by atoms with van der Waals surface area (Å²) in [6.45, 7) is 0. The number of carbonyl (C=O) groups is 2. The topological polar surface area (TPSA) is 101 Å². The monoisotopic (exact) mass is 512 g/mol. The molecule has 2 aromatic rings. The van der Waals surface area contributed by atoms with Gasteiger partial charge in [-0.2, -0.15) is 0 Å². The molecule has 0 saturated heterocycles. The molecule has 0 bridgehead atoms. The minimum absolute atomic E-state index is 0.148. The number of aliphatic hydroxyl groups is 1. The smallest absolute Gasteiger partial charge is 0.340 e. The molecule has 13 heteroatoms. The van der Waals surface area contributed by atoms with Crippen LogP contribution >= 0.6 is 44.6 Å². The van der Waals surface area contributed by atoms with Crippen molar-refractivity contribution in [1.82, 2.24) is 0 Å². The summed E-state index contributed by atoms with van der Waals surface area (Å²) >= 11 is 11.0. The zero-order valence-corrected chi connectivity index (χ0v) is 18.5. The predicted octanol–water partition coefficient (Wildman–Crippen LogP) is 5.09. The maximum atomic E-state index is 12.8. The van der Waals surface area contributed by atoms with E-state index in [0.717, 1.165) is 25.3 Å². The molecule has 2 N–H and O–H groups in total. The molecule has 0 aliphatic carbocycles. The lowest BCUT2D eigenvalue weighted by Crippen LogP contribution is -2.03. The predicted molar refractivity (Wildman–Crippen MR) is 109 cm³/mol. The van der Waals surface area contributed by atoms with Gasteiger partial charge in [0.2, 0.25) is 9.23 Å². The molecule has 0 aliphatic rings. The van der Waals surface area contributed by atoms with Crippen molar-refractivity contribution in [2.45, 2.75) is 0 Å². The van der Waals surface area contributed by atoms with Crippen LogP contribution < -0.4 is 0 Å². The number of hydrogen-bond acceptors (Lipinski definition) is 5. The third kappa shape index (κ3) is 13.4. The Morgan fingerprint density at radius 1 is 0.931 bits per heavy atom. The van der Waals surface area contributed by atoms with Gasteiger partial charge in [0.25, 0.3) is 0 Å². The maximum absolute atomic E-state index is 12.8. The van der Waals surface area contributed by atoms with Crippen molar-refractivity contribution in [3.05, 3.63) is 69.2 Å². The van der Waals surface area contributed by atoms with E-state index in [1.807, 2.05) is 0 Å². The van der Waals surface area contributed by atoms with Crippen molar-refractivity contribution in [3.8, 4) is 0 Å². The molecule has 0 atom stereocenters. The first-order valence-corrected chi connectivity index (χ1v) is 10.5. The Morgan fingerprint density at radius 3 is 1.59 bits per heavy atom. The number of ether oxygens (including phenoxy) is 1. The third-order valence-corrected chi connectivity index (χ3v) is 2.96. The molecule has 2 rings (SSSR count). The highest BCUT2D eigenvalue weighted by molar-refractivity contribution is 8.26.